The first-order valence-corrected chi connectivity index (χ1v) is 10.7. The molecular formula is C27H32N+. The van der Waals surface area contributed by atoms with Crippen LogP contribution in [0.5, 0.6) is 0 Å². The quantitative estimate of drug-likeness (QED) is 0.355. The minimum Gasteiger partial charge on any atom is -0.200 e. The highest BCUT2D eigenvalue weighted by Gasteiger charge is 2.38. The summed E-state index contributed by atoms with van der Waals surface area (Å²) in [4.78, 5) is 0. The van der Waals surface area contributed by atoms with Crippen LogP contribution < -0.4 is 4.57 Å². The van der Waals surface area contributed by atoms with E-state index in [0.29, 0.717) is 0 Å². The van der Waals surface area contributed by atoms with Crippen LogP contribution >= 0.6 is 0 Å². The lowest BCUT2D eigenvalue weighted by molar-refractivity contribution is -0.660. The van der Waals surface area contributed by atoms with Gasteiger partial charge in [-0.25, -0.2) is 4.57 Å². The molecular weight excluding hydrogens is 338 g/mol. The molecule has 144 valence electrons. The van der Waals surface area contributed by atoms with Gasteiger partial charge in [0.25, 0.3) is 0 Å². The Labute approximate surface area is 170 Å². The Morgan fingerprint density at radius 3 is 2.43 bits per heavy atom. The first-order chi connectivity index (χ1) is 13.4. The number of benzene rings is 2. The first-order valence-electron chi connectivity index (χ1n) is 10.7. The maximum Gasteiger partial charge on any atom is 0.212 e. The van der Waals surface area contributed by atoms with E-state index in [2.05, 4.69) is 94.0 Å². The molecule has 1 aliphatic carbocycles. The SMILES string of the molecule is CCCCCc1ccc(C)c(-c2cc3c(c[n+]2C)-c2ccccc2C3(C)C)c1. The van der Waals surface area contributed by atoms with Crippen molar-refractivity contribution in [2.24, 2.45) is 7.05 Å². The molecule has 0 spiro atoms. The molecule has 1 nitrogen and oxygen atoms in total. The number of unbranched alkanes of at least 4 members (excludes halogenated alkanes) is 2. The molecule has 0 saturated carbocycles. The summed E-state index contributed by atoms with van der Waals surface area (Å²) in [6.07, 6.45) is 7.36. The van der Waals surface area contributed by atoms with Crippen LogP contribution in [0.3, 0.4) is 0 Å². The molecule has 0 amide bonds. The van der Waals surface area contributed by atoms with E-state index in [9.17, 15) is 0 Å². The van der Waals surface area contributed by atoms with Crippen molar-refractivity contribution in [3.63, 3.8) is 0 Å². The van der Waals surface area contributed by atoms with Gasteiger partial charge in [0.05, 0.1) is 5.56 Å². The van der Waals surface area contributed by atoms with Crippen LogP contribution in [0.25, 0.3) is 22.4 Å². The van der Waals surface area contributed by atoms with Crippen molar-refractivity contribution in [3.05, 3.63) is 77.0 Å². The average Bonchev–Trinajstić information content (AvgIpc) is 2.90. The van der Waals surface area contributed by atoms with Crippen LogP contribution in [0.1, 0.15) is 62.3 Å². The predicted molar refractivity (Wildman–Crippen MR) is 119 cm³/mol. The number of aromatic nitrogens is 1. The van der Waals surface area contributed by atoms with Gasteiger partial charge in [-0.3, -0.25) is 0 Å². The molecule has 3 aromatic rings. The number of hydrogen-bond acceptors (Lipinski definition) is 0. The molecule has 0 fully saturated rings. The Bertz CT molecular complexity index is 1030. The van der Waals surface area contributed by atoms with Crippen molar-refractivity contribution in [3.8, 4) is 22.4 Å². The molecule has 1 heterocycles. The first kappa shape index (κ1) is 18.9. The lowest BCUT2D eigenvalue weighted by Crippen LogP contribution is -2.32. The highest BCUT2D eigenvalue weighted by molar-refractivity contribution is 5.81. The van der Waals surface area contributed by atoms with Gasteiger partial charge in [-0.1, -0.05) is 70.0 Å². The van der Waals surface area contributed by atoms with Gasteiger partial charge in [0, 0.05) is 17.0 Å². The highest BCUT2D eigenvalue weighted by Crippen LogP contribution is 2.48. The largest absolute Gasteiger partial charge is 0.212 e. The number of aryl methyl sites for hydroxylation is 3. The summed E-state index contributed by atoms with van der Waals surface area (Å²) in [7, 11) is 2.19. The zero-order valence-electron chi connectivity index (χ0n) is 18.0. The summed E-state index contributed by atoms with van der Waals surface area (Å²) < 4.78 is 2.31. The molecule has 0 aliphatic heterocycles. The summed E-state index contributed by atoms with van der Waals surface area (Å²) in [5.41, 5.74) is 11.2. The number of nitrogens with zero attached hydrogens (tertiary/aromatic N) is 1. The Balaban J connectivity index is 1.82. The predicted octanol–water partition coefficient (Wildman–Crippen LogP) is 6.53. The molecule has 0 unspecified atom stereocenters. The van der Waals surface area contributed by atoms with Gasteiger partial charge in [-0.2, -0.15) is 0 Å². The van der Waals surface area contributed by atoms with Crippen molar-refractivity contribution < 1.29 is 4.57 Å². The summed E-state index contributed by atoms with van der Waals surface area (Å²) >= 11 is 0. The molecule has 0 bridgehead atoms. The lowest BCUT2D eigenvalue weighted by Gasteiger charge is -2.21. The summed E-state index contributed by atoms with van der Waals surface area (Å²) in [5.74, 6) is 0. The van der Waals surface area contributed by atoms with E-state index in [1.54, 1.807) is 0 Å². The fourth-order valence-electron chi connectivity index (χ4n) is 4.74. The van der Waals surface area contributed by atoms with E-state index >= 15 is 0 Å². The van der Waals surface area contributed by atoms with E-state index < -0.39 is 0 Å². The molecule has 0 radical (unpaired) electrons. The van der Waals surface area contributed by atoms with Crippen molar-refractivity contribution >= 4 is 0 Å². The van der Waals surface area contributed by atoms with E-state index in [4.69, 9.17) is 0 Å². The molecule has 0 atom stereocenters. The third-order valence-corrected chi connectivity index (χ3v) is 6.48. The Hall–Kier alpha value is -2.41. The second-order valence-corrected chi connectivity index (χ2v) is 8.87. The number of pyridine rings is 1. The third-order valence-electron chi connectivity index (χ3n) is 6.48. The standard InChI is InChI=1S/C27H32N/c1-6-7-8-11-20-15-14-19(2)22(16-20)26-17-25-23(18-28(26)5)21-12-9-10-13-24(21)27(25,3)4/h9-10,12-18H,6-8,11H2,1-5H3/q+1. The zero-order chi connectivity index (χ0) is 19.9. The molecule has 2 aromatic carbocycles. The van der Waals surface area contributed by atoms with Gasteiger partial charge in [0.15, 0.2) is 6.20 Å². The third kappa shape index (κ3) is 3.07. The van der Waals surface area contributed by atoms with Crippen molar-refractivity contribution in [1.29, 1.82) is 0 Å². The fourth-order valence-corrected chi connectivity index (χ4v) is 4.74. The van der Waals surface area contributed by atoms with Crippen molar-refractivity contribution in [2.45, 2.75) is 58.8 Å². The maximum atomic E-state index is 2.44. The van der Waals surface area contributed by atoms with E-state index in [1.807, 2.05) is 0 Å². The molecule has 1 aliphatic rings. The van der Waals surface area contributed by atoms with Gasteiger partial charge in [0.1, 0.15) is 7.05 Å². The van der Waals surface area contributed by atoms with Crippen LogP contribution in [-0.2, 0) is 18.9 Å². The Morgan fingerprint density at radius 1 is 0.857 bits per heavy atom. The topological polar surface area (TPSA) is 3.88 Å². The Morgan fingerprint density at radius 2 is 1.64 bits per heavy atom. The number of fused-ring (bicyclic) bond motifs is 3. The van der Waals surface area contributed by atoms with Crippen LogP contribution in [0.4, 0.5) is 0 Å². The monoisotopic (exact) mass is 370 g/mol. The van der Waals surface area contributed by atoms with E-state index in [1.165, 1.54) is 70.3 Å². The summed E-state index contributed by atoms with van der Waals surface area (Å²) in [5, 5.41) is 0. The zero-order valence-corrected chi connectivity index (χ0v) is 18.0. The molecule has 1 aromatic heterocycles. The minimum absolute atomic E-state index is 0.0432. The molecule has 4 rings (SSSR count). The normalized spacial score (nSPS) is 14.0. The average molecular weight is 371 g/mol. The van der Waals surface area contributed by atoms with Gasteiger partial charge < -0.3 is 0 Å². The van der Waals surface area contributed by atoms with Crippen molar-refractivity contribution in [2.75, 3.05) is 0 Å². The maximum absolute atomic E-state index is 2.44. The van der Waals surface area contributed by atoms with Crippen molar-refractivity contribution in [1.82, 2.24) is 0 Å². The van der Waals surface area contributed by atoms with Gasteiger partial charge in [-0.15, -0.1) is 0 Å². The molecule has 0 saturated heterocycles. The highest BCUT2D eigenvalue weighted by atomic mass is 14.9. The summed E-state index contributed by atoms with van der Waals surface area (Å²) in [6.45, 7) is 9.22. The van der Waals surface area contributed by atoms with Crippen LogP contribution in [0, 0.1) is 6.92 Å². The van der Waals surface area contributed by atoms with Crippen LogP contribution in [-0.4, -0.2) is 0 Å². The van der Waals surface area contributed by atoms with Gasteiger partial charge in [0.2, 0.25) is 5.69 Å². The molecule has 1 heteroatoms. The van der Waals surface area contributed by atoms with Crippen LogP contribution in [0.15, 0.2) is 54.7 Å². The number of hydrogen-bond donors (Lipinski definition) is 0. The second-order valence-electron chi connectivity index (χ2n) is 8.87. The van der Waals surface area contributed by atoms with Crippen LogP contribution in [0.2, 0.25) is 0 Å². The van der Waals surface area contributed by atoms with Gasteiger partial charge in [-0.05, 0) is 53.6 Å². The summed E-state index contributed by atoms with van der Waals surface area (Å²) in [6, 6.07) is 18.3. The smallest absolute Gasteiger partial charge is 0.200 e. The molecule has 0 N–H and O–H groups in total. The number of rotatable bonds is 5. The fraction of sp³-hybridized carbons (Fsp3) is 0.370. The van der Waals surface area contributed by atoms with E-state index in [0.717, 1.165) is 0 Å². The second kappa shape index (κ2) is 7.20. The van der Waals surface area contributed by atoms with Gasteiger partial charge >= 0.3 is 0 Å². The minimum atomic E-state index is 0.0432. The lowest BCUT2D eigenvalue weighted by atomic mass is 9.82. The molecule has 28 heavy (non-hydrogen) atoms. The van der Waals surface area contributed by atoms with E-state index in [-0.39, 0.29) is 5.41 Å². The Kier molecular flexibility index (Phi) is 4.87.